The summed E-state index contributed by atoms with van der Waals surface area (Å²) in [6.07, 6.45) is 2.65. The summed E-state index contributed by atoms with van der Waals surface area (Å²) in [4.78, 5) is 14.1. The average molecular weight is 307 g/mol. The van der Waals surface area contributed by atoms with Crippen molar-refractivity contribution in [2.45, 2.75) is 11.3 Å². The van der Waals surface area contributed by atoms with E-state index in [1.165, 1.54) is 30.6 Å². The van der Waals surface area contributed by atoms with Gasteiger partial charge in [0.15, 0.2) is 9.84 Å². The molecule has 2 rings (SSSR count). The minimum Gasteiger partial charge on any atom is -0.396 e. The third kappa shape index (κ3) is 3.34. The van der Waals surface area contributed by atoms with Crippen molar-refractivity contribution in [3.63, 3.8) is 0 Å². The lowest BCUT2D eigenvalue weighted by Gasteiger charge is -2.07. The van der Waals surface area contributed by atoms with Crippen LogP contribution in [0.5, 0.6) is 0 Å². The van der Waals surface area contributed by atoms with Crippen LogP contribution in [0.3, 0.4) is 0 Å². The first-order valence-corrected chi connectivity index (χ1v) is 7.71. The van der Waals surface area contributed by atoms with E-state index < -0.39 is 14.8 Å². The van der Waals surface area contributed by atoms with Crippen LogP contribution < -0.4 is 5.73 Å². The Morgan fingerprint density at radius 3 is 2.62 bits per heavy atom. The topological polar surface area (TPSA) is 116 Å². The van der Waals surface area contributed by atoms with Crippen LogP contribution in [0.4, 0.5) is 11.4 Å². The number of aryl methyl sites for hydroxylation is 1. The highest BCUT2D eigenvalue weighted by Gasteiger charge is 2.20. The van der Waals surface area contributed by atoms with E-state index in [1.54, 1.807) is 12.1 Å². The highest BCUT2D eigenvalue weighted by molar-refractivity contribution is 7.91. The first kappa shape index (κ1) is 14.9. The van der Waals surface area contributed by atoms with Gasteiger partial charge in [-0.15, -0.1) is 0 Å². The predicted molar refractivity (Wildman–Crippen MR) is 77.5 cm³/mol. The molecule has 7 nitrogen and oxygen atoms in total. The minimum absolute atomic E-state index is 0.00363. The monoisotopic (exact) mass is 307 g/mol. The smallest absolute Gasteiger partial charge is 0.272 e. The van der Waals surface area contributed by atoms with Crippen molar-refractivity contribution in [2.75, 3.05) is 11.5 Å². The molecule has 1 aromatic heterocycles. The van der Waals surface area contributed by atoms with Crippen molar-refractivity contribution in [3.05, 3.63) is 58.4 Å². The summed E-state index contributed by atoms with van der Waals surface area (Å²) in [5.41, 5.74) is 5.96. The molecule has 0 atom stereocenters. The number of aromatic nitrogens is 1. The van der Waals surface area contributed by atoms with Crippen LogP contribution in [-0.2, 0) is 16.3 Å². The zero-order valence-electron chi connectivity index (χ0n) is 11.0. The molecule has 2 aromatic rings. The van der Waals surface area contributed by atoms with Crippen LogP contribution in [0.1, 0.15) is 5.56 Å². The fourth-order valence-electron chi connectivity index (χ4n) is 1.93. The van der Waals surface area contributed by atoms with Crippen molar-refractivity contribution >= 4 is 21.2 Å². The third-order valence-electron chi connectivity index (χ3n) is 2.97. The first-order valence-electron chi connectivity index (χ1n) is 6.06. The Morgan fingerprint density at radius 1 is 1.24 bits per heavy atom. The van der Waals surface area contributed by atoms with Crippen molar-refractivity contribution in [3.8, 4) is 0 Å². The van der Waals surface area contributed by atoms with Crippen LogP contribution in [0, 0.1) is 10.1 Å². The van der Waals surface area contributed by atoms with Gasteiger partial charge in [0.25, 0.3) is 5.69 Å². The number of nitro groups is 1. The molecule has 0 aliphatic heterocycles. The molecule has 0 radical (unpaired) electrons. The molecule has 2 N–H and O–H groups in total. The van der Waals surface area contributed by atoms with Gasteiger partial charge in [0.05, 0.1) is 27.5 Å². The van der Waals surface area contributed by atoms with E-state index in [1.807, 2.05) is 0 Å². The normalized spacial score (nSPS) is 11.2. The molecule has 0 amide bonds. The van der Waals surface area contributed by atoms with Gasteiger partial charge in [-0.25, -0.2) is 8.42 Å². The van der Waals surface area contributed by atoms with E-state index in [9.17, 15) is 18.5 Å². The van der Waals surface area contributed by atoms with E-state index in [4.69, 9.17) is 5.73 Å². The van der Waals surface area contributed by atoms with Gasteiger partial charge >= 0.3 is 0 Å². The molecule has 0 spiro atoms. The Kier molecular flexibility index (Phi) is 4.18. The lowest BCUT2D eigenvalue weighted by atomic mass is 10.1. The van der Waals surface area contributed by atoms with Crippen molar-refractivity contribution in [1.29, 1.82) is 0 Å². The lowest BCUT2D eigenvalue weighted by molar-refractivity contribution is -0.385. The molecule has 0 aliphatic rings. The second-order valence-corrected chi connectivity index (χ2v) is 6.45. The molecule has 1 heterocycles. The predicted octanol–water partition coefficient (Wildman–Crippen LogP) is 1.59. The Labute approximate surface area is 121 Å². The van der Waals surface area contributed by atoms with Crippen LogP contribution in [0.25, 0.3) is 0 Å². The Hall–Kier alpha value is -2.48. The maximum atomic E-state index is 12.2. The molecule has 8 heteroatoms. The summed E-state index contributed by atoms with van der Waals surface area (Å²) in [6.45, 7) is 0. The summed E-state index contributed by atoms with van der Waals surface area (Å²) < 4.78 is 24.5. The summed E-state index contributed by atoms with van der Waals surface area (Å²) >= 11 is 0. The summed E-state index contributed by atoms with van der Waals surface area (Å²) in [7, 11) is -3.62. The van der Waals surface area contributed by atoms with Crippen molar-refractivity contribution in [2.24, 2.45) is 0 Å². The molecule has 0 saturated heterocycles. The number of rotatable bonds is 5. The largest absolute Gasteiger partial charge is 0.396 e. The maximum Gasteiger partial charge on any atom is 0.272 e. The minimum atomic E-state index is -3.62. The van der Waals surface area contributed by atoms with Gasteiger partial charge in [-0.3, -0.25) is 15.1 Å². The SMILES string of the molecule is Nc1cnccc1S(=O)(=O)CCc1ccccc1[N+](=O)[O-]. The molecule has 0 saturated carbocycles. The van der Waals surface area contributed by atoms with E-state index in [0.29, 0.717) is 5.56 Å². The molecule has 110 valence electrons. The highest BCUT2D eigenvalue weighted by Crippen LogP contribution is 2.22. The number of nitrogen functional groups attached to an aromatic ring is 1. The maximum absolute atomic E-state index is 12.2. The number of para-hydroxylation sites is 1. The molecule has 0 fully saturated rings. The fourth-order valence-corrected chi connectivity index (χ4v) is 3.32. The molecule has 1 aromatic carbocycles. The molecule has 0 unspecified atom stereocenters. The number of sulfone groups is 1. The summed E-state index contributed by atoms with van der Waals surface area (Å²) in [6, 6.07) is 7.39. The van der Waals surface area contributed by atoms with Gasteiger partial charge in [-0.05, 0) is 12.5 Å². The van der Waals surface area contributed by atoms with Crippen LogP contribution in [0.15, 0.2) is 47.6 Å². The van der Waals surface area contributed by atoms with E-state index in [2.05, 4.69) is 4.98 Å². The number of hydrogen-bond acceptors (Lipinski definition) is 6. The van der Waals surface area contributed by atoms with Gasteiger partial charge < -0.3 is 5.73 Å². The number of nitrogens with zero attached hydrogens (tertiary/aromatic N) is 2. The second kappa shape index (κ2) is 5.88. The Morgan fingerprint density at radius 2 is 1.95 bits per heavy atom. The Bertz CT molecular complexity index is 774. The van der Waals surface area contributed by atoms with Gasteiger partial charge in [0, 0.05) is 17.8 Å². The quantitative estimate of drug-likeness (QED) is 0.662. The Balaban J connectivity index is 2.24. The van der Waals surface area contributed by atoms with Crippen LogP contribution >= 0.6 is 0 Å². The molecule has 21 heavy (non-hydrogen) atoms. The summed E-state index contributed by atoms with van der Waals surface area (Å²) in [5, 5.41) is 10.9. The molecule has 0 bridgehead atoms. The number of nitrogens with two attached hydrogens (primary N) is 1. The average Bonchev–Trinajstić information content (AvgIpc) is 2.45. The first-order chi connectivity index (χ1) is 9.92. The summed E-state index contributed by atoms with van der Waals surface area (Å²) in [5.74, 6) is -0.258. The molecular weight excluding hydrogens is 294 g/mol. The standard InChI is InChI=1S/C13H13N3O4S/c14-11-9-15-7-5-13(11)21(19,20)8-6-10-3-1-2-4-12(10)16(17)18/h1-5,7,9H,6,8,14H2. The number of nitro benzene ring substituents is 1. The third-order valence-corrected chi connectivity index (χ3v) is 4.76. The second-order valence-electron chi connectivity index (χ2n) is 4.37. The number of hydrogen-bond donors (Lipinski definition) is 1. The highest BCUT2D eigenvalue weighted by atomic mass is 32.2. The van der Waals surface area contributed by atoms with Gasteiger partial charge in [-0.2, -0.15) is 0 Å². The van der Waals surface area contributed by atoms with Crippen molar-refractivity contribution in [1.82, 2.24) is 4.98 Å². The van der Waals surface area contributed by atoms with Gasteiger partial charge in [-0.1, -0.05) is 18.2 Å². The van der Waals surface area contributed by atoms with Crippen LogP contribution in [0.2, 0.25) is 0 Å². The fraction of sp³-hybridized carbons (Fsp3) is 0.154. The number of benzene rings is 1. The van der Waals surface area contributed by atoms with Crippen LogP contribution in [-0.4, -0.2) is 24.1 Å². The number of pyridine rings is 1. The van der Waals surface area contributed by atoms with Crippen molar-refractivity contribution < 1.29 is 13.3 Å². The zero-order chi connectivity index (χ0) is 15.5. The van der Waals surface area contributed by atoms with Gasteiger partial charge in [0.1, 0.15) is 0 Å². The molecular formula is C13H13N3O4S. The zero-order valence-corrected chi connectivity index (χ0v) is 11.8. The number of anilines is 1. The molecule has 0 aliphatic carbocycles. The van der Waals surface area contributed by atoms with E-state index in [-0.39, 0.29) is 28.4 Å². The van der Waals surface area contributed by atoms with E-state index >= 15 is 0 Å². The van der Waals surface area contributed by atoms with Gasteiger partial charge in [0.2, 0.25) is 0 Å². The van der Waals surface area contributed by atoms with E-state index in [0.717, 1.165) is 0 Å². The lowest BCUT2D eigenvalue weighted by Crippen LogP contribution is -2.12.